The fraction of sp³-hybridized carbons (Fsp3) is 0.200. The Morgan fingerprint density at radius 2 is 1.36 bits per heavy atom. The van der Waals surface area contributed by atoms with Crippen LogP contribution in [0.1, 0.15) is 0 Å². The molecular weight excluding hydrogens is 294 g/mol. The average Bonchev–Trinajstić information content (AvgIpc) is 1.70. The topological polar surface area (TPSA) is 73.9 Å². The van der Waals surface area contributed by atoms with E-state index in [9.17, 15) is 0 Å². The molecule has 0 rings (SSSR count). The number of hydrogen-bond acceptors (Lipinski definition) is 1. The number of nitrogens with one attached hydrogen (secondary N) is 3. The first-order chi connectivity index (χ1) is 4.24. The van der Waals surface area contributed by atoms with Gasteiger partial charge in [-0.2, -0.15) is 13.8 Å². The first-order valence-corrected chi connectivity index (χ1v) is 2.05. The van der Waals surface area contributed by atoms with Crippen molar-refractivity contribution >= 4 is 13.4 Å². The van der Waals surface area contributed by atoms with Crippen LogP contribution in [0.25, 0.3) is 11.5 Å². The molecule has 3 N–H and O–H groups in total. The van der Waals surface area contributed by atoms with Crippen LogP contribution >= 0.6 is 0 Å². The van der Waals surface area contributed by atoms with Crippen molar-refractivity contribution in [1.82, 2.24) is 0 Å². The Bertz CT molecular complexity index is 45.7. The zero-order valence-corrected chi connectivity index (χ0v) is 12.3. The van der Waals surface area contributed by atoms with Crippen molar-refractivity contribution in [1.29, 1.82) is 0 Å². The molecule has 0 aliphatic heterocycles. The minimum atomic E-state index is -0.250. The van der Waals surface area contributed by atoms with E-state index in [1.54, 1.807) is 0 Å². The van der Waals surface area contributed by atoms with Crippen molar-refractivity contribution in [3.05, 3.63) is 25.6 Å². The molecule has 0 atom stereocenters. The molecule has 0 aromatic carbocycles. The second kappa shape index (κ2) is 66.0. The third kappa shape index (κ3) is 651. The Morgan fingerprint density at radius 3 is 1.36 bits per heavy atom. The second-order valence-electron chi connectivity index (χ2n) is 0.650. The van der Waals surface area contributed by atoms with Crippen LogP contribution in [-0.4, -0.2) is 20.1 Å². The van der Waals surface area contributed by atoms with Crippen molar-refractivity contribution in [2.45, 2.75) is 0 Å². The van der Waals surface area contributed by atoms with Crippen LogP contribution in [0.15, 0.2) is 4.99 Å². The Balaban J connectivity index is -0.0000000150. The monoisotopic (exact) mass is 307 g/mol. The molecule has 0 saturated carbocycles. The van der Waals surface area contributed by atoms with Gasteiger partial charge in [-0.3, -0.25) is 6.67 Å². The van der Waals surface area contributed by atoms with Gasteiger partial charge in [0.15, 0.2) is 0 Å². The van der Waals surface area contributed by atoms with Crippen LogP contribution in [0.3, 0.4) is 0 Å². The van der Waals surface area contributed by atoms with E-state index in [-0.39, 0.29) is 72.1 Å². The largest absolute Gasteiger partial charge is 0.696 e. The van der Waals surface area contributed by atoms with Crippen molar-refractivity contribution < 1.29 is 70.4 Å². The van der Waals surface area contributed by atoms with Gasteiger partial charge in [-0.1, -0.05) is 0 Å². The number of nitrogens with zero attached hydrogens (tertiary/aromatic N) is 1. The summed E-state index contributed by atoms with van der Waals surface area (Å²) in [5.41, 5.74) is 11.8. The summed E-state index contributed by atoms with van der Waals surface area (Å²) in [6, 6.07) is 0. The van der Waals surface area contributed by atoms with Gasteiger partial charge >= 0.3 is 0 Å². The molecule has 0 saturated heterocycles. The molecule has 0 aromatic heterocycles. The summed E-state index contributed by atoms with van der Waals surface area (Å²) in [4.78, 5) is 5.25. The number of rotatable bonds is 0. The molecule has 0 unspecified atom stereocenters. The summed E-state index contributed by atoms with van der Waals surface area (Å²) >= 11 is 0. The standard InChI is InChI=1S/C2H5N.C2H4N.CH4N2.2Y/c2*1-3-2;2-1-3;;/h3H,1-2H2;1-2H2;2-3H,1H2;;/q;-1;-2;;. The summed E-state index contributed by atoms with van der Waals surface area (Å²) in [5.74, 6) is 0. The summed E-state index contributed by atoms with van der Waals surface area (Å²) < 4.78 is 0. The Hall–Kier alpha value is 1.21. The molecule has 0 bridgehead atoms. The van der Waals surface area contributed by atoms with E-state index in [0.29, 0.717) is 0 Å². The molecule has 4 nitrogen and oxygen atoms in total. The van der Waals surface area contributed by atoms with Crippen LogP contribution in [0.2, 0.25) is 0 Å². The Labute approximate surface area is 119 Å². The van der Waals surface area contributed by atoms with Gasteiger partial charge in [-0.15, -0.1) is 0 Å². The smallest absolute Gasteiger partial charge is 0 e. The van der Waals surface area contributed by atoms with Gasteiger partial charge in [0.25, 0.3) is 0 Å². The molecule has 6 heteroatoms. The van der Waals surface area contributed by atoms with E-state index in [1.165, 1.54) is 0 Å². The van der Waals surface area contributed by atoms with Gasteiger partial charge in [0.05, 0.1) is 0 Å². The molecular formula is C5H13N4Y2-3. The zero-order valence-electron chi connectivity index (χ0n) is 6.64. The molecule has 62 valence electrons. The molecule has 2 radical (unpaired) electrons. The fourth-order valence-electron chi connectivity index (χ4n) is 0. The van der Waals surface area contributed by atoms with E-state index in [0.717, 1.165) is 0 Å². The summed E-state index contributed by atoms with van der Waals surface area (Å²) in [5, 5.41) is 0. The van der Waals surface area contributed by atoms with Crippen LogP contribution in [0.4, 0.5) is 0 Å². The summed E-state index contributed by atoms with van der Waals surface area (Å²) in [7, 11) is 6.12. The molecule has 0 amide bonds. The first kappa shape index (κ1) is 29.5. The van der Waals surface area contributed by atoms with Gasteiger partial charge < -0.3 is 21.5 Å². The summed E-state index contributed by atoms with van der Waals surface area (Å²) in [6.45, 7) is 5.88. The minimum Gasteiger partial charge on any atom is -0.696 e. The quantitative estimate of drug-likeness (QED) is 0.486. The van der Waals surface area contributed by atoms with Crippen LogP contribution in [0, 0.1) is 14.1 Å². The maximum absolute atomic E-state index is 5.88. The number of aliphatic imine (C=N–C) groups is 1. The minimum absolute atomic E-state index is 0. The second-order valence-corrected chi connectivity index (χ2v) is 0.650. The van der Waals surface area contributed by atoms with Crippen LogP contribution < -0.4 is 4.99 Å². The van der Waals surface area contributed by atoms with Crippen LogP contribution in [0.5, 0.6) is 0 Å². The van der Waals surface area contributed by atoms with E-state index in [4.69, 9.17) is 11.5 Å². The van der Waals surface area contributed by atoms with E-state index in [1.807, 2.05) is 0 Å². The van der Waals surface area contributed by atoms with Crippen molar-refractivity contribution in [3.8, 4) is 0 Å². The van der Waals surface area contributed by atoms with Gasteiger partial charge in [0, 0.05) is 65.4 Å². The van der Waals surface area contributed by atoms with E-state index < -0.39 is 0 Å². The molecule has 0 fully saturated rings. The Kier molecular flexibility index (Phi) is 177. The average molecular weight is 307 g/mol. The normalized spacial score (nSPS) is 3.82. The maximum atomic E-state index is 5.88. The van der Waals surface area contributed by atoms with E-state index >= 15 is 0 Å². The molecule has 0 aliphatic rings. The first-order valence-electron chi connectivity index (χ1n) is 2.05. The molecule has 0 aliphatic carbocycles. The fourth-order valence-corrected chi connectivity index (χ4v) is 0. The van der Waals surface area contributed by atoms with E-state index in [2.05, 4.69) is 37.5 Å². The van der Waals surface area contributed by atoms with Crippen molar-refractivity contribution in [3.63, 3.8) is 0 Å². The van der Waals surface area contributed by atoms with Crippen molar-refractivity contribution in [2.75, 3.05) is 6.67 Å². The van der Waals surface area contributed by atoms with Gasteiger partial charge in [-0.25, -0.2) is 0 Å². The SMILES string of the molecule is C=N[CH2-].C=[NH+][CH2-].[NH-]C[NH-].[Y].[Y]. The van der Waals surface area contributed by atoms with Gasteiger partial charge in [0.1, 0.15) is 0 Å². The zero-order chi connectivity index (χ0) is 8.12. The Morgan fingerprint density at radius 1 is 1.36 bits per heavy atom. The third-order valence-electron chi connectivity index (χ3n) is 0. The predicted octanol–water partition coefficient (Wildman–Crippen LogP) is 0.0811. The molecule has 0 aromatic rings. The van der Waals surface area contributed by atoms with Crippen molar-refractivity contribution in [2.24, 2.45) is 4.99 Å². The number of hydrogen-bond donors (Lipinski definition) is 1. The van der Waals surface area contributed by atoms with Gasteiger partial charge in [0.2, 0.25) is 0 Å². The van der Waals surface area contributed by atoms with Gasteiger partial charge in [-0.05, 0) is 13.8 Å². The molecule has 11 heavy (non-hydrogen) atoms. The molecule has 0 spiro atoms. The maximum Gasteiger partial charge on any atom is 0 e. The molecule has 0 heterocycles. The third-order valence-corrected chi connectivity index (χ3v) is 0. The summed E-state index contributed by atoms with van der Waals surface area (Å²) in [6.07, 6.45) is 0. The van der Waals surface area contributed by atoms with Crippen LogP contribution in [-0.2, 0) is 65.4 Å². The predicted molar refractivity (Wildman–Crippen MR) is 41.9 cm³/mol.